The Morgan fingerprint density at radius 3 is 2.33 bits per heavy atom. The van der Waals surface area contributed by atoms with Crippen LogP contribution in [-0.4, -0.2) is 20.0 Å². The van der Waals surface area contributed by atoms with Crippen molar-refractivity contribution in [1.82, 2.24) is 0 Å². The third-order valence-electron chi connectivity index (χ3n) is 4.73. The molecule has 3 aliphatic rings. The summed E-state index contributed by atoms with van der Waals surface area (Å²) in [6, 6.07) is 0. The number of hydrogen-bond acceptors (Lipinski definition) is 2. The van der Waals surface area contributed by atoms with Crippen LogP contribution in [0.15, 0.2) is 5.16 Å². The summed E-state index contributed by atoms with van der Waals surface area (Å²) in [6.07, 6.45) is 4.28. The third kappa shape index (κ3) is 1.31. The van der Waals surface area contributed by atoms with Crippen LogP contribution in [0.25, 0.3) is 0 Å². The maximum absolute atomic E-state index is 6.22. The van der Waals surface area contributed by atoms with E-state index < -0.39 is 14.1 Å². The molecule has 0 aromatic heterocycles. The van der Waals surface area contributed by atoms with Gasteiger partial charge in [-0.3, -0.25) is 0 Å². The molecule has 2 fully saturated rings. The van der Waals surface area contributed by atoms with Crippen LogP contribution < -0.4 is 0 Å². The minimum absolute atomic E-state index is 0.120. The highest BCUT2D eigenvalue weighted by molar-refractivity contribution is 6.71. The van der Waals surface area contributed by atoms with E-state index in [1.807, 2.05) is 6.92 Å². The topological polar surface area (TPSA) is 21.6 Å². The fraction of sp³-hybridized carbons (Fsp3) is 0.917. The third-order valence-corrected chi connectivity index (χ3v) is 7.77. The first-order valence-corrected chi connectivity index (χ1v) is 7.78. The zero-order valence-corrected chi connectivity index (χ0v) is 13.3. The van der Waals surface area contributed by atoms with Crippen LogP contribution in [0.4, 0.5) is 0 Å². The van der Waals surface area contributed by atoms with Crippen LogP contribution >= 0.6 is 46.4 Å². The molecular weight excluding hydrogens is 316 g/mol. The van der Waals surface area contributed by atoms with Crippen molar-refractivity contribution in [2.45, 2.75) is 53.8 Å². The molecule has 1 heterocycles. The zero-order valence-electron chi connectivity index (χ0n) is 10.3. The predicted molar refractivity (Wildman–Crippen MR) is 75.9 cm³/mol. The molecule has 0 unspecified atom stereocenters. The van der Waals surface area contributed by atoms with Crippen molar-refractivity contribution in [3.05, 3.63) is 0 Å². The van der Waals surface area contributed by atoms with Crippen LogP contribution in [0.5, 0.6) is 0 Å². The van der Waals surface area contributed by atoms with Gasteiger partial charge in [-0.05, 0) is 19.8 Å². The van der Waals surface area contributed by atoms with Crippen LogP contribution in [0.2, 0.25) is 0 Å². The highest BCUT2D eigenvalue weighted by Gasteiger charge is 2.89. The smallest absolute Gasteiger partial charge is 0.165 e. The average Bonchev–Trinajstić information content (AvgIpc) is 3.01. The molecule has 18 heavy (non-hydrogen) atoms. The Kier molecular flexibility index (Phi) is 2.75. The summed E-state index contributed by atoms with van der Waals surface area (Å²) >= 11 is 24.9. The van der Waals surface area contributed by atoms with E-state index in [2.05, 4.69) is 12.1 Å². The molecule has 0 saturated heterocycles. The van der Waals surface area contributed by atoms with E-state index in [1.54, 1.807) is 0 Å². The summed E-state index contributed by atoms with van der Waals surface area (Å²) in [6.45, 7) is 4.03. The van der Waals surface area contributed by atoms with Gasteiger partial charge in [0.05, 0.1) is 11.1 Å². The quantitative estimate of drug-likeness (QED) is 0.685. The Bertz CT molecular complexity index is 420. The zero-order chi connectivity index (χ0) is 13.4. The molecular formula is C12H15Cl4NO. The normalized spacial score (nSPS) is 40.8. The summed E-state index contributed by atoms with van der Waals surface area (Å²) < 4.78 is -2.37. The number of oxime groups is 1. The predicted octanol–water partition coefficient (Wildman–Crippen LogP) is 4.69. The number of halogens is 4. The minimum Gasteiger partial charge on any atom is -0.389 e. The van der Waals surface area contributed by atoms with Gasteiger partial charge < -0.3 is 4.84 Å². The maximum Gasteiger partial charge on any atom is 0.165 e. The summed E-state index contributed by atoms with van der Waals surface area (Å²) in [5, 5.41) is 4.20. The lowest BCUT2D eigenvalue weighted by Crippen LogP contribution is -2.22. The first-order valence-electron chi connectivity index (χ1n) is 6.27. The Labute approximate surface area is 127 Å². The molecule has 0 N–H and O–H groups in total. The van der Waals surface area contributed by atoms with Crippen molar-refractivity contribution in [2.24, 2.45) is 16.5 Å². The number of fused-ring (bicyclic) bond motifs is 1. The molecule has 102 valence electrons. The molecule has 0 radical (unpaired) electrons. The van der Waals surface area contributed by atoms with Gasteiger partial charge in [-0.15, -0.1) is 0 Å². The first kappa shape index (κ1) is 13.6. The maximum atomic E-state index is 6.22. The van der Waals surface area contributed by atoms with Crippen molar-refractivity contribution in [2.75, 3.05) is 0 Å². The van der Waals surface area contributed by atoms with Gasteiger partial charge in [0.1, 0.15) is 5.60 Å². The van der Waals surface area contributed by atoms with Crippen LogP contribution in [0.1, 0.15) is 39.5 Å². The fourth-order valence-electron chi connectivity index (χ4n) is 3.04. The van der Waals surface area contributed by atoms with Gasteiger partial charge >= 0.3 is 0 Å². The highest BCUT2D eigenvalue weighted by Crippen LogP contribution is 2.80. The van der Waals surface area contributed by atoms with E-state index in [1.165, 1.54) is 0 Å². The molecule has 2 atom stereocenters. The van der Waals surface area contributed by atoms with E-state index in [0.717, 1.165) is 31.4 Å². The van der Waals surface area contributed by atoms with E-state index in [9.17, 15) is 0 Å². The van der Waals surface area contributed by atoms with Gasteiger partial charge in [0.25, 0.3) is 0 Å². The monoisotopic (exact) mass is 329 g/mol. The van der Waals surface area contributed by atoms with Gasteiger partial charge in [0.2, 0.25) is 0 Å². The van der Waals surface area contributed by atoms with Gasteiger partial charge in [0, 0.05) is 12.3 Å². The van der Waals surface area contributed by atoms with Crippen molar-refractivity contribution in [3.63, 3.8) is 0 Å². The van der Waals surface area contributed by atoms with Crippen molar-refractivity contribution >= 4 is 52.1 Å². The minimum atomic E-state index is -1.19. The second kappa shape index (κ2) is 3.63. The molecule has 0 aromatic rings. The Morgan fingerprint density at radius 2 is 1.89 bits per heavy atom. The molecule has 0 bridgehead atoms. The average molecular weight is 331 g/mol. The lowest BCUT2D eigenvalue weighted by Gasteiger charge is -2.10. The van der Waals surface area contributed by atoms with E-state index >= 15 is 0 Å². The molecule has 0 aromatic carbocycles. The Morgan fingerprint density at radius 1 is 1.28 bits per heavy atom. The van der Waals surface area contributed by atoms with Gasteiger partial charge in [0.15, 0.2) is 8.67 Å². The Balaban J connectivity index is 1.79. The van der Waals surface area contributed by atoms with E-state index in [0.29, 0.717) is 0 Å². The van der Waals surface area contributed by atoms with Crippen molar-refractivity contribution in [1.29, 1.82) is 0 Å². The number of hydrogen-bond donors (Lipinski definition) is 0. The summed E-state index contributed by atoms with van der Waals surface area (Å²) in [7, 11) is 0. The van der Waals surface area contributed by atoms with Crippen LogP contribution in [-0.2, 0) is 4.84 Å². The molecule has 3 rings (SSSR count). The molecule has 2 saturated carbocycles. The largest absolute Gasteiger partial charge is 0.389 e. The second-order valence-corrected chi connectivity index (χ2v) is 8.42. The van der Waals surface area contributed by atoms with Crippen LogP contribution in [0.3, 0.4) is 0 Å². The number of rotatable bonds is 4. The second-order valence-electron chi connectivity index (χ2n) is 5.77. The lowest BCUT2D eigenvalue weighted by molar-refractivity contribution is 0.0389. The number of alkyl halides is 4. The van der Waals surface area contributed by atoms with E-state index in [4.69, 9.17) is 51.2 Å². The molecule has 2 aliphatic carbocycles. The van der Waals surface area contributed by atoms with Crippen LogP contribution in [0, 0.1) is 11.3 Å². The Hall–Kier alpha value is 0.630. The van der Waals surface area contributed by atoms with Crippen molar-refractivity contribution < 1.29 is 4.84 Å². The lowest BCUT2D eigenvalue weighted by atomic mass is 9.96. The molecule has 1 aliphatic heterocycles. The SMILES string of the molecule is CCCC[C@@]12C[C@@H]1C(C1(C)C(Cl)(Cl)C1(Cl)Cl)=NO2. The van der Waals surface area contributed by atoms with Gasteiger partial charge in [-0.1, -0.05) is 64.9 Å². The molecule has 2 nitrogen and oxygen atoms in total. The van der Waals surface area contributed by atoms with Crippen molar-refractivity contribution in [3.8, 4) is 0 Å². The first-order chi connectivity index (χ1) is 8.24. The summed E-state index contributed by atoms with van der Waals surface area (Å²) in [5.74, 6) is 0.283. The number of unbranched alkanes of at least 4 members (excludes halogenated alkanes) is 1. The van der Waals surface area contributed by atoms with Gasteiger partial charge in [-0.25, -0.2) is 0 Å². The van der Waals surface area contributed by atoms with E-state index in [-0.39, 0.29) is 11.5 Å². The fourth-order valence-corrected chi connectivity index (χ4v) is 4.75. The standard InChI is InChI=1S/C12H15Cl4NO/c1-3-4-5-10-6-7(10)8(17-18-10)9(2)11(13,14)12(9,15)16/h7H,3-6H2,1-2H3/t7-,10-/m1/s1. The summed E-state index contributed by atoms with van der Waals surface area (Å²) in [4.78, 5) is 5.64. The number of nitrogens with zero attached hydrogens (tertiary/aromatic N) is 1. The molecule has 0 spiro atoms. The van der Waals surface area contributed by atoms with Gasteiger partial charge in [-0.2, -0.15) is 0 Å². The molecule has 6 heteroatoms. The molecule has 0 amide bonds. The highest BCUT2D eigenvalue weighted by atomic mass is 35.5. The summed E-state index contributed by atoms with van der Waals surface area (Å²) in [5.41, 5.74) is 0.0139.